The van der Waals surface area contributed by atoms with Gasteiger partial charge in [-0.25, -0.2) is 8.42 Å². The number of aromatic amines is 1. The van der Waals surface area contributed by atoms with Crippen LogP contribution in [-0.2, 0) is 16.6 Å². The molecule has 0 saturated heterocycles. The number of para-hydroxylation sites is 2. The zero-order valence-corrected chi connectivity index (χ0v) is 11.5. The van der Waals surface area contributed by atoms with Gasteiger partial charge in [0.1, 0.15) is 10.6 Å². The predicted octanol–water partition coefficient (Wildman–Crippen LogP) is 1.88. The van der Waals surface area contributed by atoms with E-state index in [2.05, 4.69) is 14.4 Å². The molecule has 0 fully saturated rings. The Morgan fingerprint density at radius 2 is 2.05 bits per heavy atom. The fourth-order valence-electron chi connectivity index (χ4n) is 1.65. The van der Waals surface area contributed by atoms with E-state index in [1.54, 1.807) is 0 Å². The predicted molar refractivity (Wildman–Crippen MR) is 72.6 cm³/mol. The number of H-pyrrole nitrogens is 1. The SMILES string of the molecule is NCc1cc(S(=O)(=O)Nc2ccccc2OC(F)F)c[nH]1. The average Bonchev–Trinajstić information content (AvgIpc) is 2.90. The molecule has 2 rings (SSSR count). The molecule has 0 radical (unpaired) electrons. The number of hydrogen-bond acceptors (Lipinski definition) is 4. The third-order valence-electron chi connectivity index (χ3n) is 2.59. The molecule has 0 spiro atoms. The molecular formula is C12H13F2N3O3S. The second kappa shape index (κ2) is 6.10. The van der Waals surface area contributed by atoms with Crippen molar-refractivity contribution < 1.29 is 21.9 Å². The van der Waals surface area contributed by atoms with Crippen LogP contribution in [-0.4, -0.2) is 20.0 Å². The van der Waals surface area contributed by atoms with Gasteiger partial charge in [0, 0.05) is 18.4 Å². The Bertz CT molecular complexity index is 716. The van der Waals surface area contributed by atoms with Gasteiger partial charge in [0.15, 0.2) is 0 Å². The summed E-state index contributed by atoms with van der Waals surface area (Å²) >= 11 is 0. The highest BCUT2D eigenvalue weighted by molar-refractivity contribution is 7.92. The standard InChI is InChI=1S/C12H13F2N3O3S/c13-12(14)20-11-4-2-1-3-10(11)17-21(18,19)9-5-8(6-15)16-7-9/h1-5,7,12,16-17H,6,15H2. The molecule has 1 heterocycles. The van der Waals surface area contributed by atoms with Gasteiger partial charge in [-0.2, -0.15) is 8.78 Å². The second-order valence-corrected chi connectivity index (χ2v) is 5.73. The Hall–Kier alpha value is -2.13. The van der Waals surface area contributed by atoms with Crippen LogP contribution in [0.5, 0.6) is 5.75 Å². The lowest BCUT2D eigenvalue weighted by Gasteiger charge is -2.12. The van der Waals surface area contributed by atoms with Gasteiger partial charge >= 0.3 is 6.61 Å². The third-order valence-corrected chi connectivity index (χ3v) is 3.94. The van der Waals surface area contributed by atoms with E-state index < -0.39 is 16.6 Å². The topological polar surface area (TPSA) is 97.2 Å². The quantitative estimate of drug-likeness (QED) is 0.757. The highest BCUT2D eigenvalue weighted by Gasteiger charge is 2.19. The number of anilines is 1. The van der Waals surface area contributed by atoms with Gasteiger partial charge in [-0.15, -0.1) is 0 Å². The molecule has 0 bridgehead atoms. The number of nitrogens with two attached hydrogens (primary N) is 1. The smallest absolute Gasteiger partial charge is 0.387 e. The number of sulfonamides is 1. The maximum atomic E-state index is 12.3. The fraction of sp³-hybridized carbons (Fsp3) is 0.167. The number of rotatable bonds is 6. The first-order valence-electron chi connectivity index (χ1n) is 5.86. The maximum Gasteiger partial charge on any atom is 0.387 e. The molecule has 6 nitrogen and oxygen atoms in total. The molecule has 0 atom stereocenters. The average molecular weight is 317 g/mol. The molecule has 4 N–H and O–H groups in total. The van der Waals surface area contributed by atoms with E-state index in [4.69, 9.17) is 5.73 Å². The molecule has 0 saturated carbocycles. The fourth-order valence-corrected chi connectivity index (χ4v) is 2.73. The highest BCUT2D eigenvalue weighted by Crippen LogP contribution is 2.28. The van der Waals surface area contributed by atoms with E-state index in [9.17, 15) is 17.2 Å². The van der Waals surface area contributed by atoms with Gasteiger partial charge in [-0.1, -0.05) is 12.1 Å². The lowest BCUT2D eigenvalue weighted by atomic mass is 10.3. The van der Waals surface area contributed by atoms with Crippen molar-refractivity contribution in [3.63, 3.8) is 0 Å². The summed E-state index contributed by atoms with van der Waals surface area (Å²) in [6.45, 7) is -2.90. The zero-order valence-electron chi connectivity index (χ0n) is 10.7. The van der Waals surface area contributed by atoms with E-state index in [1.807, 2.05) is 0 Å². The summed E-state index contributed by atoms with van der Waals surface area (Å²) in [6.07, 6.45) is 1.26. The summed E-state index contributed by atoms with van der Waals surface area (Å²) in [6, 6.07) is 6.88. The number of halogens is 2. The summed E-state index contributed by atoms with van der Waals surface area (Å²) in [5.41, 5.74) is 5.85. The van der Waals surface area contributed by atoms with Crippen molar-refractivity contribution in [1.29, 1.82) is 0 Å². The van der Waals surface area contributed by atoms with E-state index in [1.165, 1.54) is 36.5 Å². The molecule has 2 aromatic rings. The van der Waals surface area contributed by atoms with Crippen molar-refractivity contribution in [3.8, 4) is 5.75 Å². The Morgan fingerprint density at radius 3 is 2.67 bits per heavy atom. The van der Waals surface area contributed by atoms with Crippen molar-refractivity contribution in [2.24, 2.45) is 5.73 Å². The minimum atomic E-state index is -3.92. The number of hydrogen-bond donors (Lipinski definition) is 3. The van der Waals surface area contributed by atoms with E-state index in [0.717, 1.165) is 0 Å². The number of nitrogens with one attached hydrogen (secondary N) is 2. The minimum absolute atomic E-state index is 0.0465. The summed E-state index contributed by atoms with van der Waals surface area (Å²) in [5, 5.41) is 0. The van der Waals surface area contributed by atoms with Crippen LogP contribution >= 0.6 is 0 Å². The van der Waals surface area contributed by atoms with Crippen LogP contribution in [0, 0.1) is 0 Å². The van der Waals surface area contributed by atoms with Crippen LogP contribution in [0.1, 0.15) is 5.69 Å². The molecule has 0 aliphatic carbocycles. The monoisotopic (exact) mass is 317 g/mol. The van der Waals surface area contributed by atoms with Crippen LogP contribution in [0.25, 0.3) is 0 Å². The molecule has 21 heavy (non-hydrogen) atoms. The molecule has 1 aromatic carbocycles. The number of ether oxygens (including phenoxy) is 1. The van der Waals surface area contributed by atoms with Crippen molar-refractivity contribution in [1.82, 2.24) is 4.98 Å². The van der Waals surface area contributed by atoms with Crippen molar-refractivity contribution in [2.45, 2.75) is 18.1 Å². The summed E-state index contributed by atoms with van der Waals surface area (Å²) in [4.78, 5) is 2.65. The van der Waals surface area contributed by atoms with Crippen LogP contribution in [0.15, 0.2) is 41.4 Å². The van der Waals surface area contributed by atoms with Crippen LogP contribution in [0.2, 0.25) is 0 Å². The summed E-state index contributed by atoms with van der Waals surface area (Å²) in [7, 11) is -3.92. The lowest BCUT2D eigenvalue weighted by Crippen LogP contribution is -2.14. The van der Waals surface area contributed by atoms with E-state index in [-0.39, 0.29) is 22.9 Å². The first-order chi connectivity index (χ1) is 9.92. The molecule has 114 valence electrons. The lowest BCUT2D eigenvalue weighted by molar-refractivity contribution is -0.0493. The maximum absolute atomic E-state index is 12.3. The molecule has 9 heteroatoms. The Kier molecular flexibility index (Phi) is 4.43. The van der Waals surface area contributed by atoms with Crippen LogP contribution < -0.4 is 15.2 Å². The molecule has 0 aliphatic rings. The third kappa shape index (κ3) is 3.70. The first kappa shape index (κ1) is 15.3. The second-order valence-electron chi connectivity index (χ2n) is 4.04. The Balaban J connectivity index is 2.28. The Labute approximate surface area is 120 Å². The highest BCUT2D eigenvalue weighted by atomic mass is 32.2. The van der Waals surface area contributed by atoms with E-state index in [0.29, 0.717) is 5.69 Å². The summed E-state index contributed by atoms with van der Waals surface area (Å²) < 4.78 is 55.3. The van der Waals surface area contributed by atoms with Gasteiger partial charge < -0.3 is 15.5 Å². The van der Waals surface area contributed by atoms with E-state index >= 15 is 0 Å². The normalized spacial score (nSPS) is 11.6. The molecule has 0 amide bonds. The van der Waals surface area contributed by atoms with Crippen molar-refractivity contribution in [2.75, 3.05) is 4.72 Å². The molecule has 0 unspecified atom stereocenters. The van der Waals surface area contributed by atoms with Crippen molar-refractivity contribution >= 4 is 15.7 Å². The minimum Gasteiger partial charge on any atom is -0.433 e. The van der Waals surface area contributed by atoms with Gasteiger partial charge in [0.05, 0.1) is 5.69 Å². The number of benzene rings is 1. The first-order valence-corrected chi connectivity index (χ1v) is 7.34. The van der Waals surface area contributed by atoms with Gasteiger partial charge in [0.2, 0.25) is 0 Å². The van der Waals surface area contributed by atoms with Crippen molar-refractivity contribution in [3.05, 3.63) is 42.2 Å². The van der Waals surface area contributed by atoms with Crippen LogP contribution in [0.4, 0.5) is 14.5 Å². The summed E-state index contributed by atoms with van der Waals surface area (Å²) in [5.74, 6) is -0.259. The zero-order chi connectivity index (χ0) is 15.5. The molecule has 1 aromatic heterocycles. The van der Waals surface area contributed by atoms with Crippen LogP contribution in [0.3, 0.4) is 0 Å². The molecule has 0 aliphatic heterocycles. The van der Waals surface area contributed by atoms with Gasteiger partial charge in [-0.05, 0) is 18.2 Å². The Morgan fingerprint density at radius 1 is 1.33 bits per heavy atom. The number of aromatic nitrogens is 1. The van der Waals surface area contributed by atoms with Gasteiger partial charge in [-0.3, -0.25) is 4.72 Å². The largest absolute Gasteiger partial charge is 0.433 e. The van der Waals surface area contributed by atoms with Gasteiger partial charge in [0.25, 0.3) is 10.0 Å². The number of alkyl halides is 2. The molecular weight excluding hydrogens is 304 g/mol.